The highest BCUT2D eigenvalue weighted by atomic mass is 35.5. The number of nitro groups is 1. The second kappa shape index (κ2) is 9.43. The summed E-state index contributed by atoms with van der Waals surface area (Å²) in [5, 5.41) is 12.1. The highest BCUT2D eigenvalue weighted by molar-refractivity contribution is 8.18. The van der Waals surface area contributed by atoms with Crippen LogP contribution in [0, 0.1) is 17.0 Å². The molecule has 0 radical (unpaired) electrons. The van der Waals surface area contributed by atoms with E-state index in [1.54, 1.807) is 61.7 Å². The number of carbonyl (C=O) groups excluding carboxylic acids is 1. The van der Waals surface area contributed by atoms with Crippen LogP contribution in [-0.4, -0.2) is 32.4 Å². The van der Waals surface area contributed by atoms with E-state index in [2.05, 4.69) is 16.6 Å². The van der Waals surface area contributed by atoms with E-state index in [1.807, 2.05) is 0 Å². The monoisotopic (exact) mass is 480 g/mol. The number of hydrogen-bond donors (Lipinski definition) is 0. The number of nitrogens with zero attached hydrogens (tertiary/aromatic N) is 4. The summed E-state index contributed by atoms with van der Waals surface area (Å²) in [7, 11) is 0. The van der Waals surface area contributed by atoms with E-state index in [1.165, 1.54) is 22.7 Å². The number of nitro benzene ring substituents is 1. The van der Waals surface area contributed by atoms with E-state index in [-0.39, 0.29) is 23.3 Å². The van der Waals surface area contributed by atoms with Crippen molar-refractivity contribution in [3.63, 3.8) is 0 Å². The number of aryl methyl sites for hydroxylation is 1. The first-order valence-corrected chi connectivity index (χ1v) is 10.9. The highest BCUT2D eigenvalue weighted by Crippen LogP contribution is 2.37. The normalized spacial score (nSPS) is 16.1. The number of furan rings is 1. The lowest BCUT2D eigenvalue weighted by atomic mass is 10.1. The van der Waals surface area contributed by atoms with E-state index in [0.29, 0.717) is 32.8 Å². The Balaban J connectivity index is 1.67. The van der Waals surface area contributed by atoms with E-state index < -0.39 is 4.92 Å². The lowest BCUT2D eigenvalue weighted by Crippen LogP contribution is -2.29. The summed E-state index contributed by atoms with van der Waals surface area (Å²) in [4.78, 5) is 34.3. The Morgan fingerprint density at radius 3 is 2.88 bits per heavy atom. The van der Waals surface area contributed by atoms with Crippen LogP contribution in [0.4, 0.5) is 11.4 Å². The molecule has 1 aromatic carbocycles. The van der Waals surface area contributed by atoms with Crippen LogP contribution in [0.5, 0.6) is 0 Å². The SMILES string of the molecule is C=CCN1C(=O)/C(=C\c2ccc(-c3ccc(C)cc3[N+](=O)[O-])o2)SC1=Nc1cccnc1Cl. The third-order valence-corrected chi connectivity index (χ3v) is 5.97. The van der Waals surface area contributed by atoms with Crippen molar-refractivity contribution in [2.24, 2.45) is 4.99 Å². The van der Waals surface area contributed by atoms with Crippen LogP contribution in [0.2, 0.25) is 5.15 Å². The fourth-order valence-corrected chi connectivity index (χ4v) is 4.29. The average molecular weight is 481 g/mol. The number of aromatic nitrogens is 1. The number of hydrogen-bond acceptors (Lipinski definition) is 7. The second-order valence-electron chi connectivity index (χ2n) is 7.00. The molecule has 2 aromatic heterocycles. The lowest BCUT2D eigenvalue weighted by Gasteiger charge is -2.12. The number of aliphatic imine (C=N–C) groups is 1. The van der Waals surface area contributed by atoms with E-state index >= 15 is 0 Å². The summed E-state index contributed by atoms with van der Waals surface area (Å²) in [5.41, 5.74) is 1.53. The van der Waals surface area contributed by atoms with Gasteiger partial charge in [-0.2, -0.15) is 0 Å². The largest absolute Gasteiger partial charge is 0.456 e. The second-order valence-corrected chi connectivity index (χ2v) is 8.37. The fraction of sp³-hybridized carbons (Fsp3) is 0.0870. The predicted octanol–water partition coefficient (Wildman–Crippen LogP) is 6.00. The van der Waals surface area contributed by atoms with Gasteiger partial charge < -0.3 is 4.42 Å². The molecule has 4 rings (SSSR count). The molecule has 1 aliphatic rings. The Kier molecular flexibility index (Phi) is 6.43. The maximum atomic E-state index is 13.0. The maximum absolute atomic E-state index is 13.0. The number of amides is 1. The standard InChI is InChI=1S/C23H17ClN4O4S/c1-3-11-27-22(29)20(33-23(27)26-17-5-4-10-25-21(17)24)13-15-7-9-19(32-15)16-8-6-14(2)12-18(16)28(30)31/h3-10,12-13H,1,11H2,2H3/b20-13+,26-23?. The third kappa shape index (κ3) is 4.74. The Hall–Kier alpha value is -3.69. The topological polar surface area (TPSA) is 102 Å². The van der Waals surface area contributed by atoms with Crippen molar-refractivity contribution in [3.8, 4) is 11.3 Å². The molecule has 3 aromatic rings. The number of benzene rings is 1. The number of pyridine rings is 1. The van der Waals surface area contributed by atoms with Gasteiger partial charge in [-0.05, 0) is 54.6 Å². The van der Waals surface area contributed by atoms with Crippen LogP contribution in [0.25, 0.3) is 17.4 Å². The van der Waals surface area contributed by atoms with Crippen molar-refractivity contribution in [3.05, 3.63) is 92.8 Å². The van der Waals surface area contributed by atoms with Crippen LogP contribution in [0.3, 0.4) is 0 Å². The van der Waals surface area contributed by atoms with Gasteiger partial charge in [0.2, 0.25) is 0 Å². The molecule has 0 unspecified atom stereocenters. The van der Waals surface area contributed by atoms with E-state index in [0.717, 1.165) is 5.56 Å². The van der Waals surface area contributed by atoms with Gasteiger partial charge in [0.05, 0.1) is 15.4 Å². The van der Waals surface area contributed by atoms with Crippen molar-refractivity contribution in [2.45, 2.75) is 6.92 Å². The molecule has 1 saturated heterocycles. The van der Waals surface area contributed by atoms with Gasteiger partial charge in [0.15, 0.2) is 10.3 Å². The zero-order valence-electron chi connectivity index (χ0n) is 17.4. The molecule has 0 N–H and O–H groups in total. The van der Waals surface area contributed by atoms with Crippen LogP contribution >= 0.6 is 23.4 Å². The number of thioether (sulfide) groups is 1. The Morgan fingerprint density at radius 1 is 1.33 bits per heavy atom. The van der Waals surface area contributed by atoms with Gasteiger partial charge in [-0.1, -0.05) is 23.7 Å². The summed E-state index contributed by atoms with van der Waals surface area (Å²) >= 11 is 7.27. The molecular weight excluding hydrogens is 464 g/mol. The van der Waals surface area contributed by atoms with Crippen molar-refractivity contribution < 1.29 is 14.1 Å². The summed E-state index contributed by atoms with van der Waals surface area (Å²) in [6.45, 7) is 5.75. The minimum atomic E-state index is -0.446. The lowest BCUT2D eigenvalue weighted by molar-refractivity contribution is -0.384. The van der Waals surface area contributed by atoms with Crippen LogP contribution in [0.1, 0.15) is 11.3 Å². The van der Waals surface area contributed by atoms with Crippen molar-refractivity contribution in [2.75, 3.05) is 6.54 Å². The van der Waals surface area contributed by atoms with Crippen molar-refractivity contribution in [1.82, 2.24) is 9.88 Å². The van der Waals surface area contributed by atoms with Gasteiger partial charge in [-0.3, -0.25) is 19.8 Å². The summed E-state index contributed by atoms with van der Waals surface area (Å²) in [6, 6.07) is 11.6. The molecule has 0 bridgehead atoms. The van der Waals surface area contributed by atoms with Gasteiger partial charge in [-0.25, -0.2) is 9.98 Å². The minimum absolute atomic E-state index is 0.0465. The molecule has 3 heterocycles. The molecule has 33 heavy (non-hydrogen) atoms. The third-order valence-electron chi connectivity index (χ3n) is 4.67. The van der Waals surface area contributed by atoms with E-state index in [4.69, 9.17) is 16.0 Å². The summed E-state index contributed by atoms with van der Waals surface area (Å²) < 4.78 is 5.82. The van der Waals surface area contributed by atoms with Gasteiger partial charge >= 0.3 is 0 Å². The molecule has 166 valence electrons. The van der Waals surface area contributed by atoms with E-state index in [9.17, 15) is 14.9 Å². The number of carbonyl (C=O) groups is 1. The summed E-state index contributed by atoms with van der Waals surface area (Å²) in [5.74, 6) is 0.454. The van der Waals surface area contributed by atoms with Gasteiger partial charge in [-0.15, -0.1) is 6.58 Å². The van der Waals surface area contributed by atoms with Crippen molar-refractivity contribution in [1.29, 1.82) is 0 Å². The Morgan fingerprint density at radius 2 is 2.15 bits per heavy atom. The number of halogens is 1. The minimum Gasteiger partial charge on any atom is -0.456 e. The van der Waals surface area contributed by atoms with Crippen LogP contribution in [0.15, 0.2) is 75.6 Å². The molecule has 0 atom stereocenters. The first-order chi connectivity index (χ1) is 15.9. The Bertz CT molecular complexity index is 1330. The first kappa shape index (κ1) is 22.5. The average Bonchev–Trinajstić information content (AvgIpc) is 3.36. The maximum Gasteiger partial charge on any atom is 0.280 e. The highest BCUT2D eigenvalue weighted by Gasteiger charge is 2.33. The van der Waals surface area contributed by atoms with Gasteiger partial charge in [0.1, 0.15) is 17.2 Å². The fourth-order valence-electron chi connectivity index (χ4n) is 3.15. The Labute approximate surface area is 198 Å². The molecule has 1 aliphatic heterocycles. The predicted molar refractivity (Wildman–Crippen MR) is 129 cm³/mol. The zero-order valence-corrected chi connectivity index (χ0v) is 19.0. The first-order valence-electron chi connectivity index (χ1n) is 9.74. The van der Waals surface area contributed by atoms with Gasteiger partial charge in [0, 0.05) is 24.9 Å². The quantitative estimate of drug-likeness (QED) is 0.141. The van der Waals surface area contributed by atoms with Crippen LogP contribution in [-0.2, 0) is 4.79 Å². The number of amidine groups is 1. The molecule has 1 amide bonds. The molecule has 8 nitrogen and oxygen atoms in total. The molecule has 1 fully saturated rings. The van der Waals surface area contributed by atoms with Crippen molar-refractivity contribution >= 4 is 51.9 Å². The summed E-state index contributed by atoms with van der Waals surface area (Å²) in [6.07, 6.45) is 4.74. The van der Waals surface area contributed by atoms with Gasteiger partial charge in [0.25, 0.3) is 11.6 Å². The molecule has 0 saturated carbocycles. The molecule has 0 spiro atoms. The van der Waals surface area contributed by atoms with Crippen LogP contribution < -0.4 is 0 Å². The number of rotatable bonds is 6. The molecular formula is C23H17ClN4O4S. The molecule has 0 aliphatic carbocycles. The smallest absolute Gasteiger partial charge is 0.280 e. The molecule has 10 heteroatoms. The zero-order chi connectivity index (χ0) is 23.5.